The van der Waals surface area contributed by atoms with E-state index in [4.69, 9.17) is 4.74 Å². The summed E-state index contributed by atoms with van der Waals surface area (Å²) in [6.45, 7) is 4.33. The lowest BCUT2D eigenvalue weighted by atomic mass is 10.1. The van der Waals surface area contributed by atoms with Crippen molar-refractivity contribution in [1.82, 2.24) is 9.21 Å². The minimum Gasteiger partial charge on any atom is -0.383 e. The van der Waals surface area contributed by atoms with E-state index in [-0.39, 0.29) is 0 Å². The largest absolute Gasteiger partial charge is 0.383 e. The standard InChI is InChI=1S/C10H22N2O3S/c1-11(16(3,13)14)8-10-4-5-12(9-10)6-7-15-2/h10H,4-9H2,1-3H3/t10-/m0/s1. The molecule has 1 aliphatic rings. The summed E-state index contributed by atoms with van der Waals surface area (Å²) in [5, 5.41) is 0. The highest BCUT2D eigenvalue weighted by Crippen LogP contribution is 2.17. The number of likely N-dealkylation sites (tertiary alicyclic amines) is 1. The lowest BCUT2D eigenvalue weighted by molar-refractivity contribution is 0.158. The quantitative estimate of drug-likeness (QED) is 0.657. The minimum atomic E-state index is -3.03. The number of rotatable bonds is 6. The Morgan fingerprint density at radius 2 is 2.19 bits per heavy atom. The highest BCUT2D eigenvalue weighted by atomic mass is 32.2. The molecule has 96 valence electrons. The van der Waals surface area contributed by atoms with Crippen molar-refractivity contribution in [3.8, 4) is 0 Å². The van der Waals surface area contributed by atoms with E-state index in [0.29, 0.717) is 12.5 Å². The smallest absolute Gasteiger partial charge is 0.210 e. The SMILES string of the molecule is COCCN1CC[C@@H](CN(C)S(C)(=O)=O)C1. The van der Waals surface area contributed by atoms with Gasteiger partial charge in [-0.2, -0.15) is 0 Å². The molecule has 6 heteroatoms. The summed E-state index contributed by atoms with van der Waals surface area (Å²) in [7, 11) is 0.311. The summed E-state index contributed by atoms with van der Waals surface area (Å²) in [4.78, 5) is 2.32. The zero-order chi connectivity index (χ0) is 12.2. The molecule has 0 aromatic carbocycles. The lowest BCUT2D eigenvalue weighted by Crippen LogP contribution is -2.32. The van der Waals surface area contributed by atoms with Crippen LogP contribution in [0.25, 0.3) is 0 Å². The van der Waals surface area contributed by atoms with Gasteiger partial charge < -0.3 is 9.64 Å². The van der Waals surface area contributed by atoms with E-state index >= 15 is 0 Å². The number of hydrogen-bond donors (Lipinski definition) is 0. The zero-order valence-electron chi connectivity index (χ0n) is 10.3. The van der Waals surface area contributed by atoms with E-state index < -0.39 is 10.0 Å². The Balaban J connectivity index is 2.31. The fourth-order valence-corrected chi connectivity index (χ4v) is 2.47. The van der Waals surface area contributed by atoms with Crippen LogP contribution in [0.15, 0.2) is 0 Å². The van der Waals surface area contributed by atoms with Gasteiger partial charge in [-0.3, -0.25) is 0 Å². The van der Waals surface area contributed by atoms with E-state index in [2.05, 4.69) is 4.90 Å². The Bertz CT molecular complexity index is 305. The van der Waals surface area contributed by atoms with E-state index in [1.807, 2.05) is 0 Å². The Kier molecular flexibility index (Phi) is 5.17. The molecule has 1 aliphatic heterocycles. The molecule has 1 atom stereocenters. The van der Waals surface area contributed by atoms with E-state index in [9.17, 15) is 8.42 Å². The van der Waals surface area contributed by atoms with Crippen LogP contribution >= 0.6 is 0 Å². The molecule has 5 nitrogen and oxygen atoms in total. The topological polar surface area (TPSA) is 49.9 Å². The van der Waals surface area contributed by atoms with E-state index in [1.54, 1.807) is 14.2 Å². The summed E-state index contributed by atoms with van der Waals surface area (Å²) >= 11 is 0. The summed E-state index contributed by atoms with van der Waals surface area (Å²) in [6.07, 6.45) is 2.33. The zero-order valence-corrected chi connectivity index (χ0v) is 11.2. The summed E-state index contributed by atoms with van der Waals surface area (Å²) in [5.74, 6) is 0.455. The molecule has 0 amide bonds. The fourth-order valence-electron chi connectivity index (χ4n) is 1.98. The van der Waals surface area contributed by atoms with E-state index in [1.165, 1.54) is 10.6 Å². The number of hydrogen-bond acceptors (Lipinski definition) is 4. The molecule has 0 unspecified atom stereocenters. The van der Waals surface area contributed by atoms with Gasteiger partial charge in [-0.25, -0.2) is 12.7 Å². The van der Waals surface area contributed by atoms with Gasteiger partial charge in [-0.05, 0) is 18.9 Å². The molecule has 0 aromatic heterocycles. The molecule has 0 aromatic rings. The predicted octanol–water partition coefficient (Wildman–Crippen LogP) is -0.154. The molecule has 0 spiro atoms. The normalized spacial score (nSPS) is 23.1. The minimum absolute atomic E-state index is 0.455. The molecule has 1 rings (SSSR count). The first-order valence-electron chi connectivity index (χ1n) is 5.56. The third-order valence-corrected chi connectivity index (χ3v) is 4.34. The first-order valence-corrected chi connectivity index (χ1v) is 7.41. The first kappa shape index (κ1) is 13.9. The Morgan fingerprint density at radius 3 is 2.75 bits per heavy atom. The second-order valence-electron chi connectivity index (χ2n) is 4.49. The van der Waals surface area contributed by atoms with Gasteiger partial charge in [-0.1, -0.05) is 0 Å². The number of ether oxygens (including phenoxy) is 1. The van der Waals surface area contributed by atoms with Crippen LogP contribution in [0.2, 0.25) is 0 Å². The molecular weight excluding hydrogens is 228 g/mol. The van der Waals surface area contributed by atoms with Crippen LogP contribution in [-0.4, -0.2) is 70.8 Å². The van der Waals surface area contributed by atoms with Crippen molar-refractivity contribution < 1.29 is 13.2 Å². The molecule has 1 heterocycles. The second-order valence-corrected chi connectivity index (χ2v) is 6.58. The average Bonchev–Trinajstić information content (AvgIpc) is 2.61. The second kappa shape index (κ2) is 5.95. The van der Waals surface area contributed by atoms with Crippen molar-refractivity contribution in [2.75, 3.05) is 53.2 Å². The summed E-state index contributed by atoms with van der Waals surface area (Å²) in [6, 6.07) is 0. The molecule has 0 bridgehead atoms. The van der Waals surface area contributed by atoms with Crippen molar-refractivity contribution in [1.29, 1.82) is 0 Å². The van der Waals surface area contributed by atoms with Gasteiger partial charge in [-0.15, -0.1) is 0 Å². The van der Waals surface area contributed by atoms with Gasteiger partial charge in [0.15, 0.2) is 0 Å². The highest BCUT2D eigenvalue weighted by Gasteiger charge is 2.25. The molecule has 0 aliphatic carbocycles. The summed E-state index contributed by atoms with van der Waals surface area (Å²) < 4.78 is 29.0. The molecule has 1 fully saturated rings. The van der Waals surface area contributed by atoms with Crippen molar-refractivity contribution in [2.24, 2.45) is 5.92 Å². The van der Waals surface area contributed by atoms with Crippen molar-refractivity contribution >= 4 is 10.0 Å². The van der Waals surface area contributed by atoms with Gasteiger partial charge in [0.2, 0.25) is 10.0 Å². The van der Waals surface area contributed by atoms with Crippen LogP contribution < -0.4 is 0 Å². The molecule has 16 heavy (non-hydrogen) atoms. The third kappa shape index (κ3) is 4.37. The third-order valence-electron chi connectivity index (χ3n) is 3.06. The van der Waals surface area contributed by atoms with Gasteiger partial charge in [0.05, 0.1) is 12.9 Å². The first-order chi connectivity index (χ1) is 7.43. The van der Waals surface area contributed by atoms with Crippen LogP contribution in [0.3, 0.4) is 0 Å². The van der Waals surface area contributed by atoms with Crippen LogP contribution in [0.4, 0.5) is 0 Å². The number of nitrogens with zero attached hydrogens (tertiary/aromatic N) is 2. The average molecular weight is 250 g/mol. The maximum Gasteiger partial charge on any atom is 0.210 e. The predicted molar refractivity (Wildman–Crippen MR) is 63.9 cm³/mol. The fraction of sp³-hybridized carbons (Fsp3) is 1.00. The highest BCUT2D eigenvalue weighted by molar-refractivity contribution is 7.88. The Hall–Kier alpha value is -0.170. The van der Waals surface area contributed by atoms with Gasteiger partial charge >= 0.3 is 0 Å². The van der Waals surface area contributed by atoms with Crippen LogP contribution in [0.1, 0.15) is 6.42 Å². The van der Waals surface area contributed by atoms with Gasteiger partial charge in [0.25, 0.3) is 0 Å². The molecule has 0 saturated carbocycles. The number of methoxy groups -OCH3 is 1. The van der Waals surface area contributed by atoms with Gasteiger partial charge in [0, 0.05) is 33.8 Å². The molecule has 1 saturated heterocycles. The summed E-state index contributed by atoms with van der Waals surface area (Å²) in [5.41, 5.74) is 0. The maximum absolute atomic E-state index is 11.3. The Morgan fingerprint density at radius 1 is 1.50 bits per heavy atom. The van der Waals surface area contributed by atoms with Crippen LogP contribution in [0.5, 0.6) is 0 Å². The molecular formula is C10H22N2O3S. The van der Waals surface area contributed by atoms with Gasteiger partial charge in [0.1, 0.15) is 0 Å². The van der Waals surface area contributed by atoms with E-state index in [0.717, 1.165) is 32.7 Å². The lowest BCUT2D eigenvalue weighted by Gasteiger charge is -2.19. The van der Waals surface area contributed by atoms with Crippen molar-refractivity contribution in [2.45, 2.75) is 6.42 Å². The van der Waals surface area contributed by atoms with Crippen LogP contribution in [-0.2, 0) is 14.8 Å². The molecule has 0 N–H and O–H groups in total. The monoisotopic (exact) mass is 250 g/mol. The van der Waals surface area contributed by atoms with Crippen molar-refractivity contribution in [3.05, 3.63) is 0 Å². The van der Waals surface area contributed by atoms with Crippen LogP contribution in [0, 0.1) is 5.92 Å². The maximum atomic E-state index is 11.3. The number of sulfonamides is 1. The molecule has 0 radical (unpaired) electrons. The van der Waals surface area contributed by atoms with Crippen molar-refractivity contribution in [3.63, 3.8) is 0 Å². The Labute approximate surface area is 98.4 Å².